The van der Waals surface area contributed by atoms with Gasteiger partial charge in [-0.3, -0.25) is 0 Å². The lowest BCUT2D eigenvalue weighted by Crippen LogP contribution is -2.00. The first-order valence-electron chi connectivity index (χ1n) is 4.68. The first kappa shape index (κ1) is 9.47. The third-order valence-corrected chi connectivity index (χ3v) is 2.28. The molecule has 0 saturated carbocycles. The molecule has 3 heteroatoms. The Kier molecular flexibility index (Phi) is 2.51. The van der Waals surface area contributed by atoms with E-state index in [2.05, 4.69) is 17.3 Å². The fourth-order valence-corrected chi connectivity index (χ4v) is 1.38. The highest BCUT2D eigenvalue weighted by molar-refractivity contribution is 5.31. The Bertz CT molecular complexity index is 488. The van der Waals surface area contributed by atoms with Crippen molar-refractivity contribution in [3.05, 3.63) is 53.6 Å². The molecule has 0 spiro atoms. The topological polar surface area (TPSA) is 41.6 Å². The smallest absolute Gasteiger partial charge is 0.106 e. The standard InChI is InChI=1S/C12H10N3/c1-10-14-6-7-15(10)9-12-4-2-11(8-13)3-5-12/h2-6H,9H2,1H3. The van der Waals surface area contributed by atoms with E-state index in [1.165, 1.54) is 0 Å². The Morgan fingerprint density at radius 3 is 2.67 bits per heavy atom. The molecule has 73 valence electrons. The van der Waals surface area contributed by atoms with Crippen LogP contribution < -0.4 is 0 Å². The van der Waals surface area contributed by atoms with Gasteiger partial charge in [-0.2, -0.15) is 5.26 Å². The molecule has 0 atom stereocenters. The summed E-state index contributed by atoms with van der Waals surface area (Å²) in [6.07, 6.45) is 4.69. The van der Waals surface area contributed by atoms with Gasteiger partial charge in [-0.15, -0.1) is 0 Å². The number of hydrogen-bond donors (Lipinski definition) is 0. The van der Waals surface area contributed by atoms with Crippen molar-refractivity contribution in [2.45, 2.75) is 13.5 Å². The molecule has 3 nitrogen and oxygen atoms in total. The molecule has 1 aromatic carbocycles. The molecule has 0 aliphatic heterocycles. The first-order valence-corrected chi connectivity index (χ1v) is 4.68. The van der Waals surface area contributed by atoms with Crippen LogP contribution in [-0.2, 0) is 6.54 Å². The summed E-state index contributed by atoms with van der Waals surface area (Å²) in [7, 11) is 0. The number of imidazole rings is 1. The van der Waals surface area contributed by atoms with Gasteiger partial charge in [0.25, 0.3) is 0 Å². The summed E-state index contributed by atoms with van der Waals surface area (Å²) in [4.78, 5) is 4.10. The second-order valence-electron chi connectivity index (χ2n) is 3.33. The Morgan fingerprint density at radius 1 is 1.40 bits per heavy atom. The van der Waals surface area contributed by atoms with Crippen molar-refractivity contribution in [2.24, 2.45) is 0 Å². The summed E-state index contributed by atoms with van der Waals surface area (Å²) in [6, 6.07) is 9.64. The largest absolute Gasteiger partial charge is 0.322 e. The molecule has 1 aromatic heterocycles. The van der Waals surface area contributed by atoms with Crippen molar-refractivity contribution >= 4 is 0 Å². The van der Waals surface area contributed by atoms with Gasteiger partial charge in [0.05, 0.1) is 24.0 Å². The summed E-state index contributed by atoms with van der Waals surface area (Å²) >= 11 is 0. The van der Waals surface area contributed by atoms with E-state index in [-0.39, 0.29) is 0 Å². The maximum Gasteiger partial charge on any atom is 0.106 e. The Hall–Kier alpha value is -2.08. The van der Waals surface area contributed by atoms with Crippen molar-refractivity contribution in [2.75, 3.05) is 0 Å². The molecule has 0 fully saturated rings. The van der Waals surface area contributed by atoms with Crippen LogP contribution in [0.2, 0.25) is 0 Å². The van der Waals surface area contributed by atoms with Crippen LogP contribution >= 0.6 is 0 Å². The van der Waals surface area contributed by atoms with Crippen molar-refractivity contribution in [3.8, 4) is 6.07 Å². The Labute approximate surface area is 88.6 Å². The molecule has 0 aliphatic rings. The van der Waals surface area contributed by atoms with E-state index < -0.39 is 0 Å². The molecule has 2 aromatic rings. The molecule has 1 heterocycles. The Morgan fingerprint density at radius 2 is 2.13 bits per heavy atom. The molecule has 0 amide bonds. The monoisotopic (exact) mass is 196 g/mol. The zero-order chi connectivity index (χ0) is 10.7. The lowest BCUT2D eigenvalue weighted by Gasteiger charge is -2.04. The zero-order valence-corrected chi connectivity index (χ0v) is 8.44. The Balaban J connectivity index is 2.19. The van der Waals surface area contributed by atoms with E-state index in [0.717, 1.165) is 17.9 Å². The van der Waals surface area contributed by atoms with Crippen molar-refractivity contribution in [1.82, 2.24) is 9.55 Å². The minimum absolute atomic E-state index is 0.685. The van der Waals surface area contributed by atoms with Gasteiger partial charge in [-0.05, 0) is 24.6 Å². The highest BCUT2D eigenvalue weighted by Gasteiger charge is 1.99. The van der Waals surface area contributed by atoms with Gasteiger partial charge in [0, 0.05) is 6.54 Å². The lowest BCUT2D eigenvalue weighted by atomic mass is 10.1. The van der Waals surface area contributed by atoms with Gasteiger partial charge in [-0.1, -0.05) is 12.1 Å². The molecule has 0 N–H and O–H groups in total. The summed E-state index contributed by atoms with van der Waals surface area (Å²) < 4.78 is 1.95. The number of aromatic nitrogens is 2. The second-order valence-corrected chi connectivity index (χ2v) is 3.33. The number of nitrogens with zero attached hydrogens (tertiary/aromatic N) is 3. The maximum absolute atomic E-state index is 8.66. The predicted molar refractivity (Wildman–Crippen MR) is 56.1 cm³/mol. The average Bonchev–Trinajstić information content (AvgIpc) is 2.66. The maximum atomic E-state index is 8.66. The molecule has 0 aliphatic carbocycles. The zero-order valence-electron chi connectivity index (χ0n) is 8.44. The summed E-state index contributed by atoms with van der Waals surface area (Å²) in [5.41, 5.74) is 1.83. The van der Waals surface area contributed by atoms with Crippen LogP contribution in [0.15, 0.2) is 30.5 Å². The van der Waals surface area contributed by atoms with Gasteiger partial charge in [-0.25, -0.2) is 4.98 Å². The predicted octanol–water partition coefficient (Wildman–Crippen LogP) is 1.91. The van der Waals surface area contributed by atoms with Gasteiger partial charge in [0.1, 0.15) is 5.82 Å². The van der Waals surface area contributed by atoms with E-state index in [1.54, 1.807) is 6.20 Å². The van der Waals surface area contributed by atoms with Crippen LogP contribution in [0.4, 0.5) is 0 Å². The van der Waals surface area contributed by atoms with Gasteiger partial charge >= 0.3 is 0 Å². The van der Waals surface area contributed by atoms with Crippen molar-refractivity contribution in [3.63, 3.8) is 0 Å². The van der Waals surface area contributed by atoms with E-state index in [0.29, 0.717) is 5.56 Å². The fourth-order valence-electron chi connectivity index (χ4n) is 1.38. The average molecular weight is 196 g/mol. The quantitative estimate of drug-likeness (QED) is 0.736. The summed E-state index contributed by atoms with van der Waals surface area (Å²) in [6.45, 7) is 2.69. The van der Waals surface area contributed by atoms with Crippen LogP contribution in [-0.4, -0.2) is 9.55 Å². The van der Waals surface area contributed by atoms with Gasteiger partial charge < -0.3 is 4.57 Å². The minimum atomic E-state index is 0.685. The van der Waals surface area contributed by atoms with Gasteiger partial charge in [0.2, 0.25) is 0 Å². The van der Waals surface area contributed by atoms with Crippen LogP contribution in [0, 0.1) is 24.5 Å². The molecule has 0 saturated heterocycles. The van der Waals surface area contributed by atoms with Crippen LogP contribution in [0.1, 0.15) is 17.0 Å². The highest BCUT2D eigenvalue weighted by atomic mass is 15.0. The molecular weight excluding hydrogens is 186 g/mol. The lowest BCUT2D eigenvalue weighted by molar-refractivity contribution is 0.756. The summed E-state index contributed by atoms with van der Waals surface area (Å²) in [5, 5.41) is 8.66. The molecular formula is C12H10N3. The van der Waals surface area contributed by atoms with Crippen molar-refractivity contribution < 1.29 is 0 Å². The molecule has 15 heavy (non-hydrogen) atoms. The molecule has 2 rings (SSSR count). The first-order chi connectivity index (χ1) is 7.29. The second kappa shape index (κ2) is 3.97. The molecule has 0 unspecified atom stereocenters. The number of hydrogen-bond acceptors (Lipinski definition) is 2. The van der Waals surface area contributed by atoms with Crippen molar-refractivity contribution in [1.29, 1.82) is 5.26 Å². The number of benzene rings is 1. The molecule has 0 bridgehead atoms. The van der Waals surface area contributed by atoms with E-state index >= 15 is 0 Å². The number of nitriles is 1. The minimum Gasteiger partial charge on any atom is -0.322 e. The van der Waals surface area contributed by atoms with Crippen LogP contribution in [0.25, 0.3) is 0 Å². The number of aryl methyl sites for hydroxylation is 1. The SMILES string of the molecule is Cc1nc[c]n1Cc1ccc(C#N)cc1. The highest BCUT2D eigenvalue weighted by Crippen LogP contribution is 2.06. The number of rotatable bonds is 2. The third kappa shape index (κ3) is 2.05. The normalized spacial score (nSPS) is 9.87. The van der Waals surface area contributed by atoms with Crippen LogP contribution in [0.5, 0.6) is 0 Å². The van der Waals surface area contributed by atoms with E-state index in [9.17, 15) is 0 Å². The molecule has 1 radical (unpaired) electrons. The summed E-state index contributed by atoms with van der Waals surface area (Å²) in [5.74, 6) is 0.944. The third-order valence-electron chi connectivity index (χ3n) is 2.28. The van der Waals surface area contributed by atoms with E-state index in [4.69, 9.17) is 5.26 Å². The fraction of sp³-hybridized carbons (Fsp3) is 0.167. The van der Waals surface area contributed by atoms with Gasteiger partial charge in [0.15, 0.2) is 0 Å². The van der Waals surface area contributed by atoms with Crippen LogP contribution in [0.3, 0.4) is 0 Å². The van der Waals surface area contributed by atoms with E-state index in [1.807, 2.05) is 35.8 Å².